The third-order valence-electron chi connectivity index (χ3n) is 2.46. The van der Waals surface area contributed by atoms with Gasteiger partial charge in [-0.2, -0.15) is 0 Å². The highest BCUT2D eigenvalue weighted by Gasteiger charge is 2.09. The van der Waals surface area contributed by atoms with Crippen LogP contribution in [0.5, 0.6) is 5.75 Å². The summed E-state index contributed by atoms with van der Waals surface area (Å²) < 4.78 is 6.64. The first-order valence-corrected chi connectivity index (χ1v) is 6.37. The molecule has 1 nitrogen and oxygen atoms in total. The first kappa shape index (κ1) is 9.99. The van der Waals surface area contributed by atoms with Crippen molar-refractivity contribution < 1.29 is 4.74 Å². The molecule has 0 radical (unpaired) electrons. The molecule has 0 spiro atoms. The Balaban J connectivity index is 2.80. The van der Waals surface area contributed by atoms with Crippen molar-refractivity contribution in [3.63, 3.8) is 0 Å². The Kier molecular flexibility index (Phi) is 2.79. The molecular weight excluding hydrogens is 260 g/mol. The van der Waals surface area contributed by atoms with Crippen LogP contribution in [-0.2, 0) is 5.33 Å². The third kappa shape index (κ3) is 1.44. The van der Waals surface area contributed by atoms with E-state index < -0.39 is 0 Å². The lowest BCUT2D eigenvalue weighted by Crippen LogP contribution is -1.92. The van der Waals surface area contributed by atoms with Crippen LogP contribution in [0.2, 0.25) is 0 Å². The van der Waals surface area contributed by atoms with Crippen molar-refractivity contribution in [1.82, 2.24) is 0 Å². The average Bonchev–Trinajstić information content (AvgIpc) is 2.64. The summed E-state index contributed by atoms with van der Waals surface area (Å²) in [6, 6.07) is 4.28. The summed E-state index contributed by atoms with van der Waals surface area (Å²) in [6.07, 6.45) is 0. The number of thiophene rings is 1. The Morgan fingerprint density at radius 2 is 2.29 bits per heavy atom. The molecule has 3 heteroatoms. The van der Waals surface area contributed by atoms with Gasteiger partial charge >= 0.3 is 0 Å². The molecule has 0 bridgehead atoms. The van der Waals surface area contributed by atoms with E-state index >= 15 is 0 Å². The Morgan fingerprint density at radius 1 is 1.50 bits per heavy atom. The molecule has 1 aromatic carbocycles. The number of benzene rings is 1. The number of methoxy groups -OCH3 is 1. The lowest BCUT2D eigenvalue weighted by atomic mass is 10.1. The van der Waals surface area contributed by atoms with E-state index in [-0.39, 0.29) is 0 Å². The van der Waals surface area contributed by atoms with Gasteiger partial charge in [-0.15, -0.1) is 11.3 Å². The van der Waals surface area contributed by atoms with Crippen LogP contribution in [0.1, 0.15) is 11.1 Å². The summed E-state index contributed by atoms with van der Waals surface area (Å²) in [5.74, 6) is 0.981. The van der Waals surface area contributed by atoms with E-state index in [2.05, 4.69) is 40.4 Å². The SMILES string of the molecule is COc1cc2sccc2c(CBr)c1C. The molecule has 0 aliphatic carbocycles. The number of rotatable bonds is 2. The summed E-state index contributed by atoms with van der Waals surface area (Å²) in [5, 5.41) is 4.34. The van der Waals surface area contributed by atoms with Gasteiger partial charge in [-0.3, -0.25) is 0 Å². The van der Waals surface area contributed by atoms with E-state index in [0.717, 1.165) is 11.1 Å². The normalized spacial score (nSPS) is 10.8. The van der Waals surface area contributed by atoms with Gasteiger partial charge in [0.1, 0.15) is 5.75 Å². The second-order valence-corrected chi connectivity index (χ2v) is 4.66. The average molecular weight is 271 g/mol. The van der Waals surface area contributed by atoms with Gasteiger partial charge in [0.15, 0.2) is 0 Å². The van der Waals surface area contributed by atoms with Gasteiger partial charge in [-0.05, 0) is 40.9 Å². The molecule has 0 aliphatic rings. The molecule has 2 aromatic rings. The topological polar surface area (TPSA) is 9.23 Å². The van der Waals surface area contributed by atoms with Gasteiger partial charge < -0.3 is 4.74 Å². The lowest BCUT2D eigenvalue weighted by molar-refractivity contribution is 0.412. The van der Waals surface area contributed by atoms with Gasteiger partial charge in [-0.25, -0.2) is 0 Å². The summed E-state index contributed by atoms with van der Waals surface area (Å²) in [7, 11) is 1.72. The number of ether oxygens (including phenoxy) is 1. The van der Waals surface area contributed by atoms with Crippen LogP contribution in [0.3, 0.4) is 0 Å². The summed E-state index contributed by atoms with van der Waals surface area (Å²) in [4.78, 5) is 0. The number of hydrogen-bond acceptors (Lipinski definition) is 2. The number of fused-ring (bicyclic) bond motifs is 1. The van der Waals surface area contributed by atoms with Crippen molar-refractivity contribution in [2.75, 3.05) is 7.11 Å². The molecule has 0 N–H and O–H groups in total. The molecule has 1 heterocycles. The second-order valence-electron chi connectivity index (χ2n) is 3.15. The molecule has 0 unspecified atom stereocenters. The lowest BCUT2D eigenvalue weighted by Gasteiger charge is -2.09. The fourth-order valence-corrected chi connectivity index (χ4v) is 3.21. The zero-order chi connectivity index (χ0) is 10.1. The van der Waals surface area contributed by atoms with Crippen LogP contribution < -0.4 is 4.74 Å². The zero-order valence-electron chi connectivity index (χ0n) is 8.13. The second kappa shape index (κ2) is 3.91. The Bertz CT molecular complexity index is 462. The van der Waals surface area contributed by atoms with Crippen molar-refractivity contribution >= 4 is 37.4 Å². The molecule has 74 valence electrons. The molecule has 0 saturated carbocycles. The first-order chi connectivity index (χ1) is 6.77. The van der Waals surface area contributed by atoms with E-state index in [1.165, 1.54) is 21.2 Å². The van der Waals surface area contributed by atoms with E-state index in [4.69, 9.17) is 4.74 Å². The monoisotopic (exact) mass is 270 g/mol. The number of hydrogen-bond donors (Lipinski definition) is 0. The van der Waals surface area contributed by atoms with E-state index in [1.54, 1.807) is 18.4 Å². The fourth-order valence-electron chi connectivity index (χ4n) is 1.64. The number of alkyl halides is 1. The van der Waals surface area contributed by atoms with Crippen molar-refractivity contribution in [3.05, 3.63) is 28.6 Å². The fraction of sp³-hybridized carbons (Fsp3) is 0.273. The van der Waals surface area contributed by atoms with E-state index in [0.29, 0.717) is 0 Å². The molecule has 14 heavy (non-hydrogen) atoms. The molecular formula is C11H11BrOS. The Morgan fingerprint density at radius 3 is 2.93 bits per heavy atom. The minimum atomic E-state index is 0.878. The summed E-state index contributed by atoms with van der Waals surface area (Å²) in [6.45, 7) is 2.10. The van der Waals surface area contributed by atoms with Crippen molar-refractivity contribution in [3.8, 4) is 5.75 Å². The maximum Gasteiger partial charge on any atom is 0.123 e. The van der Waals surface area contributed by atoms with Gasteiger partial charge in [0.05, 0.1) is 7.11 Å². The minimum Gasteiger partial charge on any atom is -0.496 e. The van der Waals surface area contributed by atoms with Gasteiger partial charge in [-0.1, -0.05) is 15.9 Å². The maximum absolute atomic E-state index is 5.35. The van der Waals surface area contributed by atoms with Crippen LogP contribution >= 0.6 is 27.3 Å². The Hall–Kier alpha value is -0.540. The molecule has 2 rings (SSSR count). The van der Waals surface area contributed by atoms with Gasteiger partial charge in [0.25, 0.3) is 0 Å². The summed E-state index contributed by atoms with van der Waals surface area (Å²) >= 11 is 5.28. The van der Waals surface area contributed by atoms with Crippen LogP contribution in [0.15, 0.2) is 17.5 Å². The van der Waals surface area contributed by atoms with Crippen LogP contribution in [0.4, 0.5) is 0 Å². The molecule has 0 amide bonds. The molecule has 0 fully saturated rings. The Labute approximate surface area is 95.8 Å². The van der Waals surface area contributed by atoms with E-state index in [1.807, 2.05) is 0 Å². The highest BCUT2D eigenvalue weighted by Crippen LogP contribution is 2.34. The van der Waals surface area contributed by atoms with E-state index in [9.17, 15) is 0 Å². The van der Waals surface area contributed by atoms with Crippen LogP contribution in [-0.4, -0.2) is 7.11 Å². The van der Waals surface area contributed by atoms with Crippen molar-refractivity contribution in [1.29, 1.82) is 0 Å². The zero-order valence-corrected chi connectivity index (χ0v) is 10.5. The molecule has 0 aliphatic heterocycles. The molecule has 0 atom stereocenters. The van der Waals surface area contributed by atoms with Gasteiger partial charge in [0, 0.05) is 10.0 Å². The minimum absolute atomic E-state index is 0.878. The highest BCUT2D eigenvalue weighted by atomic mass is 79.9. The standard InChI is InChI=1S/C11H11BrOS/c1-7-9(6-12)8-3-4-14-11(8)5-10(7)13-2/h3-5H,6H2,1-2H3. The molecule has 0 saturated heterocycles. The summed E-state index contributed by atoms with van der Waals surface area (Å²) in [5.41, 5.74) is 2.57. The van der Waals surface area contributed by atoms with Crippen molar-refractivity contribution in [2.45, 2.75) is 12.3 Å². The highest BCUT2D eigenvalue weighted by molar-refractivity contribution is 9.08. The van der Waals surface area contributed by atoms with Crippen LogP contribution in [0.25, 0.3) is 10.1 Å². The predicted octanol–water partition coefficient (Wildman–Crippen LogP) is 4.11. The van der Waals surface area contributed by atoms with Crippen LogP contribution in [0, 0.1) is 6.92 Å². The predicted molar refractivity (Wildman–Crippen MR) is 65.7 cm³/mol. The smallest absolute Gasteiger partial charge is 0.123 e. The number of halogens is 1. The largest absolute Gasteiger partial charge is 0.496 e. The quantitative estimate of drug-likeness (QED) is 0.747. The first-order valence-electron chi connectivity index (χ1n) is 4.37. The maximum atomic E-state index is 5.35. The third-order valence-corrected chi connectivity index (χ3v) is 3.88. The molecule has 1 aromatic heterocycles. The van der Waals surface area contributed by atoms with Crippen molar-refractivity contribution in [2.24, 2.45) is 0 Å². The van der Waals surface area contributed by atoms with Gasteiger partial charge in [0.2, 0.25) is 0 Å².